The van der Waals surface area contributed by atoms with Crippen molar-refractivity contribution in [3.8, 4) is 0 Å². The lowest BCUT2D eigenvalue weighted by Crippen LogP contribution is -2.17. The van der Waals surface area contributed by atoms with Gasteiger partial charge in [0, 0.05) is 25.4 Å². The Morgan fingerprint density at radius 3 is 2.33 bits per heavy atom. The van der Waals surface area contributed by atoms with Crippen molar-refractivity contribution in [3.05, 3.63) is 29.8 Å². The zero-order valence-corrected chi connectivity index (χ0v) is 9.15. The van der Waals surface area contributed by atoms with Crippen LogP contribution in [-0.4, -0.2) is 24.8 Å². The average Bonchev–Trinajstić information content (AvgIpc) is 2.80. The van der Waals surface area contributed by atoms with E-state index in [2.05, 4.69) is 29.2 Å². The monoisotopic (exact) mass is 205 g/mol. The Morgan fingerprint density at radius 2 is 1.73 bits per heavy atom. The Balaban J connectivity index is 1.96. The molecule has 1 saturated heterocycles. The third-order valence-corrected chi connectivity index (χ3v) is 3.03. The SMILES string of the molecule is OCCCc1ccc(N2CCCC2)cc1. The van der Waals surface area contributed by atoms with Gasteiger partial charge in [0.2, 0.25) is 0 Å². The van der Waals surface area contributed by atoms with Crippen LogP contribution in [0.5, 0.6) is 0 Å². The standard InChI is InChI=1S/C13H19NO/c15-11-3-4-12-5-7-13(8-6-12)14-9-1-2-10-14/h5-8,15H,1-4,9-11H2. The van der Waals surface area contributed by atoms with Crippen LogP contribution in [0.15, 0.2) is 24.3 Å². The predicted octanol–water partition coefficient (Wildman–Crippen LogP) is 2.21. The zero-order chi connectivity index (χ0) is 10.5. The second-order valence-electron chi connectivity index (χ2n) is 4.19. The van der Waals surface area contributed by atoms with E-state index in [-0.39, 0.29) is 6.61 Å². The first kappa shape index (κ1) is 10.5. The number of benzene rings is 1. The first-order valence-electron chi connectivity index (χ1n) is 5.85. The molecule has 82 valence electrons. The van der Waals surface area contributed by atoms with Crippen LogP contribution in [0.1, 0.15) is 24.8 Å². The minimum Gasteiger partial charge on any atom is -0.396 e. The molecule has 1 aromatic rings. The van der Waals surface area contributed by atoms with Crippen LogP contribution in [0.2, 0.25) is 0 Å². The van der Waals surface area contributed by atoms with E-state index < -0.39 is 0 Å². The van der Waals surface area contributed by atoms with Crippen molar-refractivity contribution in [2.75, 3.05) is 24.6 Å². The molecule has 2 nitrogen and oxygen atoms in total. The summed E-state index contributed by atoms with van der Waals surface area (Å²) in [5.74, 6) is 0. The second kappa shape index (κ2) is 5.17. The van der Waals surface area contributed by atoms with E-state index in [1.165, 1.54) is 37.2 Å². The highest BCUT2D eigenvalue weighted by molar-refractivity contribution is 5.48. The van der Waals surface area contributed by atoms with E-state index >= 15 is 0 Å². The molecule has 1 fully saturated rings. The molecular weight excluding hydrogens is 186 g/mol. The van der Waals surface area contributed by atoms with Crippen molar-refractivity contribution in [3.63, 3.8) is 0 Å². The summed E-state index contributed by atoms with van der Waals surface area (Å²) in [5, 5.41) is 8.75. The van der Waals surface area contributed by atoms with E-state index in [0.29, 0.717) is 0 Å². The molecule has 1 aliphatic heterocycles. The number of aliphatic hydroxyl groups is 1. The molecule has 2 rings (SSSR count). The smallest absolute Gasteiger partial charge is 0.0434 e. The van der Waals surface area contributed by atoms with Gasteiger partial charge in [-0.15, -0.1) is 0 Å². The minimum absolute atomic E-state index is 0.286. The summed E-state index contributed by atoms with van der Waals surface area (Å²) in [5.41, 5.74) is 2.67. The summed E-state index contributed by atoms with van der Waals surface area (Å²) >= 11 is 0. The predicted molar refractivity (Wildman–Crippen MR) is 63.3 cm³/mol. The Hall–Kier alpha value is -1.02. The lowest BCUT2D eigenvalue weighted by molar-refractivity contribution is 0.288. The Kier molecular flexibility index (Phi) is 3.62. The second-order valence-corrected chi connectivity index (χ2v) is 4.19. The van der Waals surface area contributed by atoms with Gasteiger partial charge in [0.05, 0.1) is 0 Å². The third kappa shape index (κ3) is 2.72. The molecule has 1 aliphatic rings. The maximum atomic E-state index is 8.75. The van der Waals surface area contributed by atoms with Gasteiger partial charge < -0.3 is 10.0 Å². The third-order valence-electron chi connectivity index (χ3n) is 3.03. The van der Waals surface area contributed by atoms with Crippen LogP contribution in [-0.2, 0) is 6.42 Å². The Morgan fingerprint density at radius 1 is 1.07 bits per heavy atom. The van der Waals surface area contributed by atoms with E-state index in [0.717, 1.165) is 12.8 Å². The maximum absolute atomic E-state index is 8.75. The van der Waals surface area contributed by atoms with Crippen LogP contribution < -0.4 is 4.90 Å². The van der Waals surface area contributed by atoms with Crippen LogP contribution >= 0.6 is 0 Å². The van der Waals surface area contributed by atoms with E-state index in [1.54, 1.807) is 0 Å². The van der Waals surface area contributed by atoms with Gasteiger partial charge in [0.1, 0.15) is 0 Å². The minimum atomic E-state index is 0.286. The largest absolute Gasteiger partial charge is 0.396 e. The molecule has 2 heteroatoms. The molecule has 0 saturated carbocycles. The Bertz CT molecular complexity index is 288. The van der Waals surface area contributed by atoms with E-state index in [9.17, 15) is 0 Å². The summed E-state index contributed by atoms with van der Waals surface area (Å²) in [6, 6.07) is 8.78. The normalized spacial score (nSPS) is 15.9. The van der Waals surface area contributed by atoms with Gasteiger partial charge >= 0.3 is 0 Å². The highest BCUT2D eigenvalue weighted by Gasteiger charge is 2.11. The van der Waals surface area contributed by atoms with Crippen molar-refractivity contribution in [1.29, 1.82) is 0 Å². The fourth-order valence-corrected chi connectivity index (χ4v) is 2.13. The molecule has 0 aliphatic carbocycles. The van der Waals surface area contributed by atoms with Gasteiger partial charge in [-0.2, -0.15) is 0 Å². The molecule has 1 heterocycles. The highest BCUT2D eigenvalue weighted by Crippen LogP contribution is 2.20. The van der Waals surface area contributed by atoms with Crippen LogP contribution in [0, 0.1) is 0 Å². The zero-order valence-electron chi connectivity index (χ0n) is 9.15. The summed E-state index contributed by atoms with van der Waals surface area (Å²) < 4.78 is 0. The van der Waals surface area contributed by atoms with Crippen molar-refractivity contribution in [1.82, 2.24) is 0 Å². The summed E-state index contributed by atoms with van der Waals surface area (Å²) in [6.45, 7) is 2.69. The van der Waals surface area contributed by atoms with Crippen molar-refractivity contribution >= 4 is 5.69 Å². The van der Waals surface area contributed by atoms with Crippen molar-refractivity contribution in [2.45, 2.75) is 25.7 Å². The van der Waals surface area contributed by atoms with Crippen molar-refractivity contribution in [2.24, 2.45) is 0 Å². The number of hydrogen-bond donors (Lipinski definition) is 1. The molecule has 0 amide bonds. The quantitative estimate of drug-likeness (QED) is 0.814. The molecule has 0 atom stereocenters. The number of nitrogens with zero attached hydrogens (tertiary/aromatic N) is 1. The molecule has 15 heavy (non-hydrogen) atoms. The number of aryl methyl sites for hydroxylation is 1. The van der Waals surface area contributed by atoms with E-state index in [4.69, 9.17) is 5.11 Å². The van der Waals surface area contributed by atoms with Gasteiger partial charge in [0.25, 0.3) is 0 Å². The first-order chi connectivity index (χ1) is 7.40. The highest BCUT2D eigenvalue weighted by atomic mass is 16.2. The lowest BCUT2D eigenvalue weighted by atomic mass is 10.1. The number of rotatable bonds is 4. The fraction of sp³-hybridized carbons (Fsp3) is 0.538. The summed E-state index contributed by atoms with van der Waals surface area (Å²) in [7, 11) is 0. The maximum Gasteiger partial charge on any atom is 0.0434 e. The van der Waals surface area contributed by atoms with Gasteiger partial charge in [-0.05, 0) is 43.4 Å². The first-order valence-corrected chi connectivity index (χ1v) is 5.85. The lowest BCUT2D eigenvalue weighted by Gasteiger charge is -2.17. The van der Waals surface area contributed by atoms with Crippen LogP contribution in [0.3, 0.4) is 0 Å². The number of anilines is 1. The van der Waals surface area contributed by atoms with Crippen LogP contribution in [0.4, 0.5) is 5.69 Å². The van der Waals surface area contributed by atoms with Gasteiger partial charge in [-0.25, -0.2) is 0 Å². The molecule has 0 radical (unpaired) electrons. The van der Waals surface area contributed by atoms with Crippen LogP contribution in [0.25, 0.3) is 0 Å². The molecule has 0 unspecified atom stereocenters. The molecule has 1 aromatic carbocycles. The van der Waals surface area contributed by atoms with Gasteiger partial charge in [-0.3, -0.25) is 0 Å². The average molecular weight is 205 g/mol. The summed E-state index contributed by atoms with van der Waals surface area (Å²) in [6.07, 6.45) is 4.50. The molecule has 0 bridgehead atoms. The fourth-order valence-electron chi connectivity index (χ4n) is 2.13. The summed E-state index contributed by atoms with van der Waals surface area (Å²) in [4.78, 5) is 2.44. The topological polar surface area (TPSA) is 23.5 Å². The molecule has 0 aromatic heterocycles. The van der Waals surface area contributed by atoms with Gasteiger partial charge in [0.15, 0.2) is 0 Å². The van der Waals surface area contributed by atoms with Gasteiger partial charge in [-0.1, -0.05) is 12.1 Å². The molecule has 0 spiro atoms. The number of aliphatic hydroxyl groups excluding tert-OH is 1. The molecule has 1 N–H and O–H groups in total. The molecular formula is C13H19NO. The van der Waals surface area contributed by atoms with E-state index in [1.807, 2.05) is 0 Å². The Labute approximate surface area is 91.5 Å². The number of hydrogen-bond acceptors (Lipinski definition) is 2. The van der Waals surface area contributed by atoms with Crippen molar-refractivity contribution < 1.29 is 5.11 Å².